The van der Waals surface area contributed by atoms with Crippen molar-refractivity contribution < 1.29 is 0 Å². The molecule has 0 aromatic carbocycles. The van der Waals surface area contributed by atoms with E-state index in [0.717, 1.165) is 17.6 Å². The predicted molar refractivity (Wildman–Crippen MR) is 84.8 cm³/mol. The van der Waals surface area contributed by atoms with Crippen molar-refractivity contribution in [1.82, 2.24) is 14.9 Å². The van der Waals surface area contributed by atoms with Gasteiger partial charge in [-0.15, -0.1) is 0 Å². The summed E-state index contributed by atoms with van der Waals surface area (Å²) in [4.78, 5) is 4.23. The Hall–Kier alpha value is -1.13. The van der Waals surface area contributed by atoms with Crippen molar-refractivity contribution in [2.24, 2.45) is 0 Å². The standard InChI is InChI=1S/C16H20BrN3/c1-2-19-16-5-3-4-13-10-20(11-15(13)16)9-12-6-14(17)8-18-7-12/h6-8,10-11,16,19H,2-5,9H2,1H3. The molecule has 0 amide bonds. The molecule has 0 fully saturated rings. The highest BCUT2D eigenvalue weighted by molar-refractivity contribution is 9.10. The van der Waals surface area contributed by atoms with Crippen LogP contribution in [0.2, 0.25) is 0 Å². The van der Waals surface area contributed by atoms with E-state index >= 15 is 0 Å². The molecule has 106 valence electrons. The highest BCUT2D eigenvalue weighted by Gasteiger charge is 2.21. The molecule has 1 aliphatic rings. The topological polar surface area (TPSA) is 29.9 Å². The largest absolute Gasteiger partial charge is 0.349 e. The van der Waals surface area contributed by atoms with Crippen molar-refractivity contribution in [3.63, 3.8) is 0 Å². The quantitative estimate of drug-likeness (QED) is 0.924. The second-order valence-corrected chi connectivity index (χ2v) is 6.34. The van der Waals surface area contributed by atoms with Crippen LogP contribution in [0.15, 0.2) is 35.3 Å². The minimum atomic E-state index is 0.533. The van der Waals surface area contributed by atoms with Gasteiger partial charge in [-0.25, -0.2) is 0 Å². The molecular formula is C16H20BrN3. The summed E-state index contributed by atoms with van der Waals surface area (Å²) in [7, 11) is 0. The monoisotopic (exact) mass is 333 g/mol. The van der Waals surface area contributed by atoms with Crippen molar-refractivity contribution in [1.29, 1.82) is 0 Å². The van der Waals surface area contributed by atoms with Crippen LogP contribution in [-0.4, -0.2) is 16.1 Å². The summed E-state index contributed by atoms with van der Waals surface area (Å²) < 4.78 is 3.33. The number of aromatic nitrogens is 2. The molecule has 0 bridgehead atoms. The van der Waals surface area contributed by atoms with Crippen LogP contribution in [0.4, 0.5) is 0 Å². The number of fused-ring (bicyclic) bond motifs is 1. The Kier molecular flexibility index (Phi) is 4.22. The van der Waals surface area contributed by atoms with E-state index in [9.17, 15) is 0 Å². The third kappa shape index (κ3) is 2.96. The van der Waals surface area contributed by atoms with Crippen LogP contribution in [0.25, 0.3) is 0 Å². The first kappa shape index (κ1) is 13.8. The molecule has 0 saturated carbocycles. The van der Waals surface area contributed by atoms with Gasteiger partial charge in [-0.3, -0.25) is 4.98 Å². The fourth-order valence-electron chi connectivity index (χ4n) is 3.05. The number of hydrogen-bond donors (Lipinski definition) is 1. The second-order valence-electron chi connectivity index (χ2n) is 5.43. The second kappa shape index (κ2) is 6.10. The third-order valence-corrected chi connectivity index (χ3v) is 4.32. The molecule has 1 unspecified atom stereocenters. The molecule has 0 radical (unpaired) electrons. The number of halogens is 1. The molecule has 0 saturated heterocycles. The molecule has 4 heteroatoms. The van der Waals surface area contributed by atoms with E-state index in [0.29, 0.717) is 6.04 Å². The zero-order valence-corrected chi connectivity index (χ0v) is 13.4. The van der Waals surface area contributed by atoms with Gasteiger partial charge in [0.25, 0.3) is 0 Å². The van der Waals surface area contributed by atoms with Crippen LogP contribution in [0.5, 0.6) is 0 Å². The summed E-state index contributed by atoms with van der Waals surface area (Å²) in [5.74, 6) is 0. The van der Waals surface area contributed by atoms with E-state index in [1.54, 1.807) is 0 Å². The van der Waals surface area contributed by atoms with Gasteiger partial charge in [0, 0.05) is 41.8 Å². The average molecular weight is 334 g/mol. The predicted octanol–water partition coefficient (Wildman–Crippen LogP) is 3.68. The first-order valence-electron chi connectivity index (χ1n) is 7.27. The lowest BCUT2D eigenvalue weighted by atomic mass is 9.91. The van der Waals surface area contributed by atoms with Crippen LogP contribution in [-0.2, 0) is 13.0 Å². The van der Waals surface area contributed by atoms with Crippen molar-refractivity contribution in [2.75, 3.05) is 6.54 Å². The van der Waals surface area contributed by atoms with E-state index in [2.05, 4.69) is 56.2 Å². The summed E-state index contributed by atoms with van der Waals surface area (Å²) in [6.07, 6.45) is 12.1. The number of rotatable bonds is 4. The Balaban J connectivity index is 1.82. The molecule has 1 atom stereocenters. The van der Waals surface area contributed by atoms with Gasteiger partial charge < -0.3 is 9.88 Å². The number of aryl methyl sites for hydroxylation is 1. The molecule has 20 heavy (non-hydrogen) atoms. The van der Waals surface area contributed by atoms with Gasteiger partial charge in [0.15, 0.2) is 0 Å². The van der Waals surface area contributed by atoms with Crippen molar-refractivity contribution >= 4 is 15.9 Å². The molecule has 2 aromatic heterocycles. The van der Waals surface area contributed by atoms with Gasteiger partial charge in [-0.05, 0) is 64.5 Å². The Morgan fingerprint density at radius 3 is 3.10 bits per heavy atom. The Morgan fingerprint density at radius 1 is 1.40 bits per heavy atom. The fraction of sp³-hybridized carbons (Fsp3) is 0.438. The lowest BCUT2D eigenvalue weighted by molar-refractivity contribution is 0.473. The minimum Gasteiger partial charge on any atom is -0.349 e. The number of nitrogens with one attached hydrogen (secondary N) is 1. The normalized spacial score (nSPS) is 18.0. The Labute approximate surface area is 128 Å². The molecule has 2 aromatic rings. The summed E-state index contributed by atoms with van der Waals surface area (Å²) in [5.41, 5.74) is 4.22. The maximum atomic E-state index is 4.23. The Bertz CT molecular complexity index is 591. The minimum absolute atomic E-state index is 0.533. The number of pyridine rings is 1. The first-order valence-corrected chi connectivity index (χ1v) is 8.07. The zero-order chi connectivity index (χ0) is 13.9. The molecule has 0 spiro atoms. The van der Waals surface area contributed by atoms with Crippen LogP contribution < -0.4 is 5.32 Å². The lowest BCUT2D eigenvalue weighted by Crippen LogP contribution is -2.23. The van der Waals surface area contributed by atoms with Gasteiger partial charge in [-0.1, -0.05) is 6.92 Å². The van der Waals surface area contributed by atoms with Gasteiger partial charge in [0.2, 0.25) is 0 Å². The van der Waals surface area contributed by atoms with E-state index in [4.69, 9.17) is 0 Å². The summed E-state index contributed by atoms with van der Waals surface area (Å²) in [6, 6.07) is 2.67. The van der Waals surface area contributed by atoms with Crippen molar-refractivity contribution in [3.8, 4) is 0 Å². The molecule has 3 rings (SSSR count). The smallest absolute Gasteiger partial charge is 0.0486 e. The van der Waals surface area contributed by atoms with Gasteiger partial charge in [0.05, 0.1) is 0 Å². The number of hydrogen-bond acceptors (Lipinski definition) is 2. The maximum absolute atomic E-state index is 4.23. The van der Waals surface area contributed by atoms with Crippen molar-refractivity contribution in [2.45, 2.75) is 38.8 Å². The maximum Gasteiger partial charge on any atom is 0.0486 e. The van der Waals surface area contributed by atoms with Gasteiger partial charge >= 0.3 is 0 Å². The van der Waals surface area contributed by atoms with E-state index in [-0.39, 0.29) is 0 Å². The van der Waals surface area contributed by atoms with Crippen LogP contribution >= 0.6 is 15.9 Å². The highest BCUT2D eigenvalue weighted by atomic mass is 79.9. The molecule has 1 N–H and O–H groups in total. The SMILES string of the molecule is CCNC1CCCc2cn(Cc3cncc(Br)c3)cc21. The van der Waals surface area contributed by atoms with E-state index < -0.39 is 0 Å². The highest BCUT2D eigenvalue weighted by Crippen LogP contribution is 2.30. The number of nitrogens with zero attached hydrogens (tertiary/aromatic N) is 2. The Morgan fingerprint density at radius 2 is 2.30 bits per heavy atom. The fourth-order valence-corrected chi connectivity index (χ4v) is 3.46. The summed E-state index contributed by atoms with van der Waals surface area (Å²) in [5, 5.41) is 3.59. The van der Waals surface area contributed by atoms with Gasteiger partial charge in [-0.2, -0.15) is 0 Å². The van der Waals surface area contributed by atoms with E-state index in [1.807, 2.05) is 12.4 Å². The van der Waals surface area contributed by atoms with Crippen LogP contribution in [0, 0.1) is 0 Å². The molecule has 2 heterocycles. The first-order chi connectivity index (χ1) is 9.76. The molecule has 1 aliphatic carbocycles. The summed E-state index contributed by atoms with van der Waals surface area (Å²) >= 11 is 3.48. The summed E-state index contributed by atoms with van der Waals surface area (Å²) in [6.45, 7) is 4.10. The van der Waals surface area contributed by atoms with Gasteiger partial charge in [0.1, 0.15) is 0 Å². The third-order valence-electron chi connectivity index (χ3n) is 3.89. The molecule has 3 nitrogen and oxygen atoms in total. The lowest BCUT2D eigenvalue weighted by Gasteiger charge is -2.22. The van der Waals surface area contributed by atoms with Crippen LogP contribution in [0.1, 0.15) is 42.5 Å². The molecular weight excluding hydrogens is 314 g/mol. The van der Waals surface area contributed by atoms with Crippen molar-refractivity contribution in [3.05, 3.63) is 52.0 Å². The zero-order valence-electron chi connectivity index (χ0n) is 11.8. The average Bonchev–Trinajstić information content (AvgIpc) is 2.82. The molecule has 0 aliphatic heterocycles. The van der Waals surface area contributed by atoms with Crippen LogP contribution in [0.3, 0.4) is 0 Å². The van der Waals surface area contributed by atoms with E-state index in [1.165, 1.54) is 36.0 Å².